The van der Waals surface area contributed by atoms with E-state index in [1.807, 2.05) is 0 Å². The predicted octanol–water partition coefficient (Wildman–Crippen LogP) is -7.45. The maximum absolute atomic E-state index is 11.8. The number of carboxylic acids is 3. The summed E-state index contributed by atoms with van der Waals surface area (Å²) >= 11 is 0. The summed E-state index contributed by atoms with van der Waals surface area (Å²) in [6, 6.07) is 0. The third kappa shape index (κ3) is 6.54. The Labute approximate surface area is 205 Å². The van der Waals surface area contributed by atoms with Gasteiger partial charge in [0.25, 0.3) is 0 Å². The molecule has 14 atom stereocenters. The van der Waals surface area contributed by atoms with Crippen molar-refractivity contribution in [1.82, 2.24) is 0 Å². The van der Waals surface area contributed by atoms with E-state index in [-0.39, 0.29) is 6.29 Å². The fourth-order valence-corrected chi connectivity index (χ4v) is 3.53. The second-order valence-electron chi connectivity index (χ2n) is 8.08. The number of carbonyl (C=O) groups excluding carboxylic acids is 1. The first-order chi connectivity index (χ1) is 17.1. The van der Waals surface area contributed by atoms with Gasteiger partial charge in [0.2, 0.25) is 0 Å². The standard InChI is InChI=1S/C18H26O19/c19-1-2(20)3(21)10(9(27)14(28)29)34-18-8(26)6(24)11(13(37-18)16(32)33)35-17-7(25)4(22)5(23)12(36-17)15(30)31/h1-13,17-18,20-27H,(H,28,29)(H,30,31)(H,32,33)/t2-,3+,4-,5+,6+,7+,8+,9-,10+,11+,12-,13-,17-,18-/m0/s1. The third-order valence-corrected chi connectivity index (χ3v) is 5.57. The van der Waals surface area contributed by atoms with Gasteiger partial charge in [-0.25, -0.2) is 14.4 Å². The summed E-state index contributed by atoms with van der Waals surface area (Å²) in [6.07, 6.45) is -32.6. The summed E-state index contributed by atoms with van der Waals surface area (Å²) in [7, 11) is 0. The van der Waals surface area contributed by atoms with Gasteiger partial charge in [0.15, 0.2) is 37.2 Å². The van der Waals surface area contributed by atoms with Crippen LogP contribution in [0.4, 0.5) is 0 Å². The Kier molecular flexibility index (Phi) is 10.4. The number of rotatable bonds is 11. The number of hydrogen-bond acceptors (Lipinski definition) is 16. The number of carboxylic acid groups (broad SMARTS) is 3. The van der Waals surface area contributed by atoms with Crippen LogP contribution in [0.25, 0.3) is 0 Å². The van der Waals surface area contributed by atoms with Crippen LogP contribution >= 0.6 is 0 Å². The first kappa shape index (κ1) is 30.8. The second-order valence-corrected chi connectivity index (χ2v) is 8.08. The van der Waals surface area contributed by atoms with E-state index < -0.39 is 104 Å². The number of ether oxygens (including phenoxy) is 4. The Morgan fingerprint density at radius 2 is 1.24 bits per heavy atom. The average Bonchev–Trinajstić information content (AvgIpc) is 2.84. The quantitative estimate of drug-likeness (QED) is 0.107. The molecule has 11 N–H and O–H groups in total. The van der Waals surface area contributed by atoms with E-state index in [4.69, 9.17) is 29.2 Å². The lowest BCUT2D eigenvalue weighted by molar-refractivity contribution is -0.358. The number of carbonyl (C=O) groups is 4. The summed E-state index contributed by atoms with van der Waals surface area (Å²) in [5, 5.41) is 107. The van der Waals surface area contributed by atoms with E-state index in [2.05, 4.69) is 0 Å². The lowest BCUT2D eigenvalue weighted by atomic mass is 9.96. The van der Waals surface area contributed by atoms with Crippen LogP contribution in [0.5, 0.6) is 0 Å². The number of aldehydes is 1. The smallest absolute Gasteiger partial charge is 0.335 e. The van der Waals surface area contributed by atoms with E-state index in [9.17, 15) is 65.1 Å². The molecule has 2 saturated heterocycles. The highest BCUT2D eigenvalue weighted by Crippen LogP contribution is 2.31. The van der Waals surface area contributed by atoms with Gasteiger partial charge in [-0.15, -0.1) is 0 Å². The predicted molar refractivity (Wildman–Crippen MR) is 104 cm³/mol. The van der Waals surface area contributed by atoms with E-state index in [0.29, 0.717) is 0 Å². The summed E-state index contributed by atoms with van der Waals surface area (Å²) in [6.45, 7) is 0. The van der Waals surface area contributed by atoms with Crippen LogP contribution in [0.2, 0.25) is 0 Å². The minimum Gasteiger partial charge on any atom is -0.479 e. The molecule has 0 aromatic carbocycles. The van der Waals surface area contributed by atoms with Crippen LogP contribution in [0.3, 0.4) is 0 Å². The van der Waals surface area contributed by atoms with Crippen molar-refractivity contribution in [2.75, 3.05) is 0 Å². The Hall–Kier alpha value is -2.40. The molecule has 2 aliphatic heterocycles. The Balaban J connectivity index is 2.30. The molecule has 0 spiro atoms. The molecule has 0 bridgehead atoms. The molecular weight excluding hydrogens is 520 g/mol. The van der Waals surface area contributed by atoms with Gasteiger partial charge in [0.05, 0.1) is 0 Å². The summed E-state index contributed by atoms with van der Waals surface area (Å²) in [5.41, 5.74) is 0. The molecule has 0 aromatic heterocycles. The number of aliphatic hydroxyl groups is 8. The summed E-state index contributed by atoms with van der Waals surface area (Å²) in [4.78, 5) is 44.9. The topological polar surface area (TPSA) is 328 Å². The second kappa shape index (κ2) is 12.4. The van der Waals surface area contributed by atoms with E-state index >= 15 is 0 Å². The Bertz CT molecular complexity index is 836. The van der Waals surface area contributed by atoms with Crippen molar-refractivity contribution in [2.45, 2.75) is 85.8 Å². The molecule has 0 radical (unpaired) electrons. The largest absolute Gasteiger partial charge is 0.479 e. The molecule has 0 amide bonds. The minimum atomic E-state index is -2.67. The highest BCUT2D eigenvalue weighted by atomic mass is 16.7. The van der Waals surface area contributed by atoms with Crippen LogP contribution in [0.1, 0.15) is 0 Å². The zero-order valence-electron chi connectivity index (χ0n) is 18.3. The van der Waals surface area contributed by atoms with Crippen molar-refractivity contribution in [3.8, 4) is 0 Å². The molecule has 2 aliphatic rings. The fraction of sp³-hybridized carbons (Fsp3) is 0.778. The van der Waals surface area contributed by atoms with Gasteiger partial charge < -0.3 is 79.9 Å². The lowest BCUT2D eigenvalue weighted by Crippen LogP contribution is -2.66. The van der Waals surface area contributed by atoms with Crippen molar-refractivity contribution < 1.29 is 94.3 Å². The van der Waals surface area contributed by atoms with Crippen LogP contribution in [0.15, 0.2) is 0 Å². The van der Waals surface area contributed by atoms with Gasteiger partial charge in [0.1, 0.15) is 54.9 Å². The normalized spacial score (nSPS) is 39.7. The van der Waals surface area contributed by atoms with Crippen LogP contribution in [0, 0.1) is 0 Å². The maximum Gasteiger partial charge on any atom is 0.335 e. The number of aliphatic carboxylic acids is 3. The lowest BCUT2D eigenvalue weighted by Gasteiger charge is -2.45. The highest BCUT2D eigenvalue weighted by Gasteiger charge is 2.55. The number of aliphatic hydroxyl groups excluding tert-OH is 8. The van der Waals surface area contributed by atoms with Crippen molar-refractivity contribution in [2.24, 2.45) is 0 Å². The Morgan fingerprint density at radius 1 is 0.730 bits per heavy atom. The summed E-state index contributed by atoms with van der Waals surface area (Å²) < 4.78 is 19.8. The van der Waals surface area contributed by atoms with Gasteiger partial charge in [-0.3, -0.25) is 0 Å². The molecule has 0 aromatic rings. The third-order valence-electron chi connectivity index (χ3n) is 5.57. The highest BCUT2D eigenvalue weighted by molar-refractivity contribution is 5.74. The van der Waals surface area contributed by atoms with Crippen molar-refractivity contribution in [3.63, 3.8) is 0 Å². The molecule has 2 rings (SSSR count). The van der Waals surface area contributed by atoms with Crippen molar-refractivity contribution >= 4 is 24.2 Å². The van der Waals surface area contributed by atoms with Gasteiger partial charge >= 0.3 is 17.9 Å². The SMILES string of the molecule is O=C[C@H](O)[C@@H](O)[C@@H](O[C@H]1O[C@H](C(=O)O)[C@H](O[C@H]2O[C@H](C(=O)O)[C@H](O)[C@H](O)[C@H]2O)[C@H](O)[C@H]1O)[C@H](O)C(=O)O. The van der Waals surface area contributed by atoms with Crippen LogP contribution in [-0.2, 0) is 38.1 Å². The van der Waals surface area contributed by atoms with Gasteiger partial charge in [-0.05, 0) is 0 Å². The van der Waals surface area contributed by atoms with Crippen LogP contribution in [-0.4, -0.2) is 166 Å². The van der Waals surface area contributed by atoms with E-state index in [1.54, 1.807) is 0 Å². The van der Waals surface area contributed by atoms with Gasteiger partial charge in [0, 0.05) is 0 Å². The van der Waals surface area contributed by atoms with Crippen molar-refractivity contribution in [1.29, 1.82) is 0 Å². The van der Waals surface area contributed by atoms with Gasteiger partial charge in [-0.1, -0.05) is 0 Å². The zero-order valence-corrected chi connectivity index (χ0v) is 18.3. The molecule has 2 fully saturated rings. The van der Waals surface area contributed by atoms with E-state index in [0.717, 1.165) is 0 Å². The minimum absolute atomic E-state index is 0.252. The molecule has 0 saturated carbocycles. The molecule has 19 nitrogen and oxygen atoms in total. The first-order valence-corrected chi connectivity index (χ1v) is 10.3. The zero-order chi connectivity index (χ0) is 28.4. The summed E-state index contributed by atoms with van der Waals surface area (Å²) in [5.74, 6) is -5.79. The molecule has 0 aliphatic carbocycles. The molecular formula is C18H26O19. The Morgan fingerprint density at radius 3 is 1.73 bits per heavy atom. The molecule has 212 valence electrons. The molecule has 37 heavy (non-hydrogen) atoms. The van der Waals surface area contributed by atoms with E-state index in [1.165, 1.54) is 0 Å². The monoisotopic (exact) mass is 546 g/mol. The maximum atomic E-state index is 11.8. The molecule has 0 unspecified atom stereocenters. The fourth-order valence-electron chi connectivity index (χ4n) is 3.53. The first-order valence-electron chi connectivity index (χ1n) is 10.3. The average molecular weight is 546 g/mol. The number of hydrogen-bond donors (Lipinski definition) is 11. The van der Waals surface area contributed by atoms with Crippen LogP contribution < -0.4 is 0 Å². The molecule has 2 heterocycles. The van der Waals surface area contributed by atoms with Gasteiger partial charge in [-0.2, -0.15) is 0 Å². The van der Waals surface area contributed by atoms with Crippen molar-refractivity contribution in [3.05, 3.63) is 0 Å². The molecule has 19 heteroatoms.